The van der Waals surface area contributed by atoms with Crippen LogP contribution in [0, 0.1) is 0 Å². The quantitative estimate of drug-likeness (QED) is 0.637. The summed E-state index contributed by atoms with van der Waals surface area (Å²) in [6, 6.07) is 0. The second kappa shape index (κ2) is 13.7. The van der Waals surface area contributed by atoms with Crippen molar-refractivity contribution in [3.8, 4) is 0 Å². The van der Waals surface area contributed by atoms with E-state index in [9.17, 15) is 0 Å². The average Bonchev–Trinajstić information content (AvgIpc) is 3.36. The van der Waals surface area contributed by atoms with Crippen LogP contribution >= 0.6 is 0 Å². The van der Waals surface area contributed by atoms with Gasteiger partial charge in [0.25, 0.3) is 0 Å². The van der Waals surface area contributed by atoms with Crippen LogP contribution in [0.25, 0.3) is 0 Å². The SMILES string of the molecule is [Co+2].c1[nH]nnc1CN1CCOCCOCCN(Cc2c[nH]nn2)CCOCC1. The first-order valence-corrected chi connectivity index (χ1v) is 9.29. The van der Waals surface area contributed by atoms with Gasteiger partial charge < -0.3 is 14.2 Å². The number of hydrogen-bond acceptors (Lipinski definition) is 9. The number of rotatable bonds is 4. The number of H-pyrrole nitrogens is 2. The van der Waals surface area contributed by atoms with Crippen LogP contribution in [-0.4, -0.2) is 106 Å². The molecule has 0 bridgehead atoms. The zero-order valence-electron chi connectivity index (χ0n) is 15.9. The minimum atomic E-state index is 0. The Balaban J connectivity index is 0.00000280. The predicted octanol–water partition coefficient (Wildman–Crippen LogP) is -0.712. The van der Waals surface area contributed by atoms with Crippen LogP contribution in [0.15, 0.2) is 12.4 Å². The van der Waals surface area contributed by atoms with Crippen LogP contribution in [0.1, 0.15) is 11.4 Å². The van der Waals surface area contributed by atoms with Crippen LogP contribution in [-0.2, 0) is 44.1 Å². The first-order valence-electron chi connectivity index (χ1n) is 9.29. The second-order valence-corrected chi connectivity index (χ2v) is 6.32. The van der Waals surface area contributed by atoms with Crippen molar-refractivity contribution in [1.82, 2.24) is 40.6 Å². The first-order chi connectivity index (χ1) is 13.4. The van der Waals surface area contributed by atoms with E-state index in [2.05, 4.69) is 40.6 Å². The molecule has 157 valence electrons. The Kier molecular flexibility index (Phi) is 11.2. The Morgan fingerprint density at radius 1 is 0.679 bits per heavy atom. The Bertz CT molecular complexity index is 549. The van der Waals surface area contributed by atoms with Crippen molar-refractivity contribution in [3.63, 3.8) is 0 Å². The van der Waals surface area contributed by atoms with E-state index in [0.717, 1.165) is 50.7 Å². The molecule has 2 aromatic heterocycles. The number of nitrogens with zero attached hydrogens (tertiary/aromatic N) is 6. The monoisotopic (exact) mass is 439 g/mol. The van der Waals surface area contributed by atoms with Gasteiger partial charge in [-0.1, -0.05) is 10.4 Å². The molecule has 1 saturated heterocycles. The fraction of sp³-hybridized carbons (Fsp3) is 0.750. The van der Waals surface area contributed by atoms with Gasteiger partial charge >= 0.3 is 16.8 Å². The van der Waals surface area contributed by atoms with Gasteiger partial charge in [0.15, 0.2) is 0 Å². The molecule has 0 saturated carbocycles. The van der Waals surface area contributed by atoms with Crippen molar-refractivity contribution in [1.29, 1.82) is 0 Å². The van der Waals surface area contributed by atoms with E-state index >= 15 is 0 Å². The third kappa shape index (κ3) is 8.73. The molecule has 2 aromatic rings. The van der Waals surface area contributed by atoms with E-state index in [1.54, 1.807) is 0 Å². The summed E-state index contributed by atoms with van der Waals surface area (Å²) >= 11 is 0. The molecule has 0 aromatic carbocycles. The van der Waals surface area contributed by atoms with Gasteiger partial charge in [-0.25, -0.2) is 0 Å². The van der Waals surface area contributed by atoms with Crippen molar-refractivity contribution in [2.24, 2.45) is 0 Å². The van der Waals surface area contributed by atoms with Crippen molar-refractivity contribution in [3.05, 3.63) is 23.8 Å². The van der Waals surface area contributed by atoms with Crippen molar-refractivity contribution >= 4 is 0 Å². The average molecular weight is 439 g/mol. The maximum atomic E-state index is 5.86. The maximum Gasteiger partial charge on any atom is 2.00 e. The van der Waals surface area contributed by atoms with Crippen molar-refractivity contribution in [2.75, 3.05) is 65.8 Å². The Labute approximate surface area is 174 Å². The molecule has 0 aliphatic carbocycles. The standard InChI is InChI=1S/C16H28N8O3.Co/c1-5-25-6-2-24(14-16-12-18-22-20-16)4-8-27-10-9-26-7-3-23(1)13-15-11-17-21-19-15;/h11-12H,1-10,13-14H2,(H,17,19,21)(H,18,20,22);/q;+2. The zero-order chi connectivity index (χ0) is 18.6. The molecule has 3 rings (SSSR count). The molecule has 0 unspecified atom stereocenters. The van der Waals surface area contributed by atoms with Gasteiger partial charge in [0.1, 0.15) is 0 Å². The molecule has 28 heavy (non-hydrogen) atoms. The van der Waals surface area contributed by atoms with Crippen LogP contribution in [0.2, 0.25) is 0 Å². The molecule has 11 nitrogen and oxygen atoms in total. The summed E-state index contributed by atoms with van der Waals surface area (Å²) in [4.78, 5) is 4.51. The molecule has 2 N–H and O–H groups in total. The van der Waals surface area contributed by atoms with Gasteiger partial charge in [-0.2, -0.15) is 0 Å². The van der Waals surface area contributed by atoms with Gasteiger partial charge in [-0.15, -0.1) is 10.2 Å². The third-order valence-electron chi connectivity index (χ3n) is 4.29. The number of hydrogen-bond donors (Lipinski definition) is 2. The van der Waals surface area contributed by atoms with Gasteiger partial charge in [-0.3, -0.25) is 20.0 Å². The molecule has 1 fully saturated rings. The Hall–Kier alpha value is -1.41. The van der Waals surface area contributed by atoms with E-state index in [0.29, 0.717) is 39.6 Å². The first kappa shape index (κ1) is 22.9. The minimum Gasteiger partial charge on any atom is -0.379 e. The van der Waals surface area contributed by atoms with Crippen LogP contribution in [0.5, 0.6) is 0 Å². The van der Waals surface area contributed by atoms with Gasteiger partial charge in [0.05, 0.1) is 51.0 Å². The molecule has 12 heteroatoms. The number of aromatic amines is 2. The molecular weight excluding hydrogens is 411 g/mol. The molecule has 0 atom stereocenters. The second-order valence-electron chi connectivity index (χ2n) is 6.32. The molecule has 1 aliphatic rings. The number of aromatic nitrogens is 6. The number of nitrogens with one attached hydrogen (secondary N) is 2. The fourth-order valence-corrected chi connectivity index (χ4v) is 2.80. The van der Waals surface area contributed by atoms with Gasteiger partial charge in [-0.05, 0) is 0 Å². The summed E-state index contributed by atoms with van der Waals surface area (Å²) in [6.45, 7) is 8.51. The van der Waals surface area contributed by atoms with Crippen LogP contribution in [0.4, 0.5) is 0 Å². The Morgan fingerprint density at radius 3 is 1.43 bits per heavy atom. The van der Waals surface area contributed by atoms with E-state index in [4.69, 9.17) is 14.2 Å². The van der Waals surface area contributed by atoms with Crippen LogP contribution in [0.3, 0.4) is 0 Å². The van der Waals surface area contributed by atoms with Gasteiger partial charge in [0, 0.05) is 51.7 Å². The van der Waals surface area contributed by atoms with E-state index in [-0.39, 0.29) is 16.8 Å². The molecular formula is C16H28CoN8O3+2. The van der Waals surface area contributed by atoms with Crippen LogP contribution < -0.4 is 0 Å². The van der Waals surface area contributed by atoms with E-state index < -0.39 is 0 Å². The van der Waals surface area contributed by atoms with Gasteiger partial charge in [0.2, 0.25) is 0 Å². The number of ether oxygens (including phenoxy) is 3. The molecule has 1 aliphatic heterocycles. The topological polar surface area (TPSA) is 117 Å². The summed E-state index contributed by atoms with van der Waals surface area (Å²) in [5.74, 6) is 0. The normalized spacial score (nSPS) is 19.4. The molecule has 0 spiro atoms. The molecule has 1 radical (unpaired) electrons. The third-order valence-corrected chi connectivity index (χ3v) is 4.29. The maximum absolute atomic E-state index is 5.86. The largest absolute Gasteiger partial charge is 2.00 e. The van der Waals surface area contributed by atoms with Crippen molar-refractivity contribution in [2.45, 2.75) is 13.1 Å². The minimum absolute atomic E-state index is 0. The summed E-state index contributed by atoms with van der Waals surface area (Å²) < 4.78 is 17.2. The fourth-order valence-electron chi connectivity index (χ4n) is 2.80. The summed E-state index contributed by atoms with van der Waals surface area (Å²) in [6.07, 6.45) is 3.62. The predicted molar refractivity (Wildman–Crippen MR) is 95.8 cm³/mol. The van der Waals surface area contributed by atoms with E-state index in [1.807, 2.05) is 12.4 Å². The summed E-state index contributed by atoms with van der Waals surface area (Å²) in [5.41, 5.74) is 1.82. The zero-order valence-corrected chi connectivity index (χ0v) is 16.9. The smallest absolute Gasteiger partial charge is 0.379 e. The molecule has 3 heterocycles. The van der Waals surface area contributed by atoms with E-state index in [1.165, 1.54) is 0 Å². The Morgan fingerprint density at radius 2 is 1.07 bits per heavy atom. The summed E-state index contributed by atoms with van der Waals surface area (Å²) in [7, 11) is 0. The van der Waals surface area contributed by atoms with Crippen molar-refractivity contribution < 1.29 is 31.0 Å². The molecule has 0 amide bonds. The summed E-state index contributed by atoms with van der Waals surface area (Å²) in [5, 5.41) is 21.1.